The summed E-state index contributed by atoms with van der Waals surface area (Å²) in [5, 5.41) is 10.1. The molecule has 1 aliphatic heterocycles. The molecule has 0 spiro atoms. The van der Waals surface area contributed by atoms with Crippen LogP contribution in [0, 0.1) is 13.8 Å². The minimum atomic E-state index is -0.217. The van der Waals surface area contributed by atoms with Gasteiger partial charge < -0.3 is 24.6 Å². The summed E-state index contributed by atoms with van der Waals surface area (Å²) in [6, 6.07) is 17.1. The van der Waals surface area contributed by atoms with Crippen LogP contribution in [-0.2, 0) is 12.0 Å². The van der Waals surface area contributed by atoms with Crippen molar-refractivity contribution >= 4 is 11.7 Å². The van der Waals surface area contributed by atoms with Gasteiger partial charge in [-0.15, -0.1) is 0 Å². The number of aromatic nitrogens is 1. The number of methoxy groups -OCH3 is 2. The Morgan fingerprint density at radius 2 is 1.89 bits per heavy atom. The minimum absolute atomic E-state index is 0.00928. The Balaban J connectivity index is 1.39. The third-order valence-corrected chi connectivity index (χ3v) is 8.16. The van der Waals surface area contributed by atoms with Crippen molar-refractivity contribution in [2.45, 2.75) is 63.6 Å². The Hall–Kier alpha value is -3.52. The molecule has 2 fully saturated rings. The van der Waals surface area contributed by atoms with E-state index in [9.17, 15) is 4.79 Å². The van der Waals surface area contributed by atoms with Crippen LogP contribution >= 0.6 is 0 Å². The van der Waals surface area contributed by atoms with Gasteiger partial charge in [0.05, 0.1) is 14.2 Å². The molecule has 196 valence electrons. The first-order valence-corrected chi connectivity index (χ1v) is 12.9. The van der Waals surface area contributed by atoms with E-state index in [2.05, 4.69) is 63.2 Å². The normalized spacial score (nSPS) is 23.4. The molecular formula is C29H36N4O4. The van der Waals surface area contributed by atoms with Crippen molar-refractivity contribution < 1.29 is 18.8 Å². The summed E-state index contributed by atoms with van der Waals surface area (Å²) in [6.07, 6.45) is 3.82. The number of nitrogens with one attached hydrogen (secondary N) is 2. The van der Waals surface area contributed by atoms with Crippen LogP contribution in [0.1, 0.15) is 48.3 Å². The van der Waals surface area contributed by atoms with E-state index in [0.717, 1.165) is 50.3 Å². The predicted molar refractivity (Wildman–Crippen MR) is 142 cm³/mol. The average molecular weight is 505 g/mol. The van der Waals surface area contributed by atoms with E-state index in [-0.39, 0.29) is 23.5 Å². The van der Waals surface area contributed by atoms with Crippen molar-refractivity contribution in [3.63, 3.8) is 0 Å². The highest BCUT2D eigenvalue weighted by Crippen LogP contribution is 2.50. The second-order valence-electron chi connectivity index (χ2n) is 10.2. The van der Waals surface area contributed by atoms with Crippen LogP contribution < -0.4 is 20.1 Å². The Labute approximate surface area is 218 Å². The summed E-state index contributed by atoms with van der Waals surface area (Å²) >= 11 is 0. The van der Waals surface area contributed by atoms with E-state index in [1.54, 1.807) is 21.1 Å². The van der Waals surface area contributed by atoms with Gasteiger partial charge in [0.1, 0.15) is 11.4 Å². The van der Waals surface area contributed by atoms with Gasteiger partial charge in [0, 0.05) is 24.0 Å². The third kappa shape index (κ3) is 4.90. The smallest absolute Gasteiger partial charge is 0.319 e. The predicted octanol–water partition coefficient (Wildman–Crippen LogP) is 5.20. The third-order valence-electron chi connectivity index (χ3n) is 8.16. The van der Waals surface area contributed by atoms with Crippen LogP contribution in [0.5, 0.6) is 11.5 Å². The van der Waals surface area contributed by atoms with Crippen molar-refractivity contribution in [3.8, 4) is 11.5 Å². The van der Waals surface area contributed by atoms with E-state index in [4.69, 9.17) is 14.0 Å². The van der Waals surface area contributed by atoms with Crippen molar-refractivity contribution in [3.05, 3.63) is 71.1 Å². The summed E-state index contributed by atoms with van der Waals surface area (Å²) in [6.45, 7) is 5.52. The molecule has 0 unspecified atom stereocenters. The highest BCUT2D eigenvalue weighted by Gasteiger charge is 2.51. The molecule has 3 atom stereocenters. The standard InChI is InChI=1S/C29H36N4O4/c1-19-27(20(2)37-32-19)31-28(34)30-23-12-13-29(22-10-11-24(35-3)25(16-22)36-4)14-15-33(26(29)17-23)18-21-8-6-5-7-9-21/h5-11,16,23,26H,12-15,17-18H2,1-4H3,(H2,30,31,34)/t23-,26+,29+/m1/s1. The molecule has 37 heavy (non-hydrogen) atoms. The summed E-state index contributed by atoms with van der Waals surface area (Å²) < 4.78 is 16.4. The molecule has 3 aromatic rings. The molecule has 2 heterocycles. The number of carbonyl (C=O) groups is 1. The van der Waals surface area contributed by atoms with Gasteiger partial charge in [-0.05, 0) is 69.3 Å². The van der Waals surface area contributed by atoms with E-state index in [0.29, 0.717) is 17.1 Å². The number of amides is 2. The molecule has 8 nitrogen and oxygen atoms in total. The average Bonchev–Trinajstić information content (AvgIpc) is 3.44. The number of hydrogen-bond donors (Lipinski definition) is 2. The zero-order valence-electron chi connectivity index (χ0n) is 22.0. The first-order chi connectivity index (χ1) is 17.9. The lowest BCUT2D eigenvalue weighted by molar-refractivity contribution is 0.131. The maximum absolute atomic E-state index is 12.9. The lowest BCUT2D eigenvalue weighted by Gasteiger charge is -2.45. The van der Waals surface area contributed by atoms with E-state index >= 15 is 0 Å². The number of hydrogen-bond acceptors (Lipinski definition) is 6. The molecule has 1 aromatic heterocycles. The Bertz CT molecular complexity index is 1220. The lowest BCUT2D eigenvalue weighted by Crippen LogP contribution is -2.52. The Kier molecular flexibility index (Phi) is 7.11. The van der Waals surface area contributed by atoms with Crippen LogP contribution in [0.2, 0.25) is 0 Å². The largest absolute Gasteiger partial charge is 0.493 e. The van der Waals surface area contributed by atoms with E-state index < -0.39 is 0 Å². The van der Waals surface area contributed by atoms with Gasteiger partial charge in [-0.1, -0.05) is 41.6 Å². The van der Waals surface area contributed by atoms with Crippen LogP contribution in [0.3, 0.4) is 0 Å². The maximum Gasteiger partial charge on any atom is 0.319 e. The number of likely N-dealkylation sites (tertiary alicyclic amines) is 1. The van der Waals surface area contributed by atoms with E-state index in [1.807, 2.05) is 13.0 Å². The fraction of sp³-hybridized carbons (Fsp3) is 0.448. The monoisotopic (exact) mass is 504 g/mol. The first kappa shape index (κ1) is 25.1. The van der Waals surface area contributed by atoms with Crippen molar-refractivity contribution in [2.75, 3.05) is 26.1 Å². The van der Waals surface area contributed by atoms with Crippen LogP contribution in [0.25, 0.3) is 0 Å². The molecule has 1 saturated heterocycles. The fourth-order valence-corrected chi connectivity index (χ4v) is 6.26. The van der Waals surface area contributed by atoms with Crippen LogP contribution in [0.4, 0.5) is 10.5 Å². The van der Waals surface area contributed by atoms with Gasteiger partial charge in [0.2, 0.25) is 0 Å². The fourth-order valence-electron chi connectivity index (χ4n) is 6.26. The first-order valence-electron chi connectivity index (χ1n) is 12.9. The maximum atomic E-state index is 12.9. The van der Waals surface area contributed by atoms with Gasteiger partial charge in [-0.25, -0.2) is 4.79 Å². The van der Waals surface area contributed by atoms with Gasteiger partial charge >= 0.3 is 6.03 Å². The number of anilines is 1. The second-order valence-corrected chi connectivity index (χ2v) is 10.2. The summed E-state index contributed by atoms with van der Waals surface area (Å²) in [4.78, 5) is 15.5. The number of ether oxygens (including phenoxy) is 2. The molecule has 1 saturated carbocycles. The van der Waals surface area contributed by atoms with Crippen molar-refractivity contribution in [1.29, 1.82) is 0 Å². The molecule has 0 bridgehead atoms. The molecule has 2 amide bonds. The second kappa shape index (κ2) is 10.5. The number of aryl methyl sites for hydroxylation is 2. The molecule has 2 N–H and O–H groups in total. The Morgan fingerprint density at radius 1 is 1.11 bits per heavy atom. The topological polar surface area (TPSA) is 88.9 Å². The van der Waals surface area contributed by atoms with Gasteiger partial charge in [0.15, 0.2) is 17.3 Å². The van der Waals surface area contributed by atoms with Crippen LogP contribution in [0.15, 0.2) is 53.1 Å². The SMILES string of the molecule is COc1ccc([C@@]23CC[C@@H](NC(=O)Nc4c(C)noc4C)C[C@@H]2N(Cc2ccccc2)CC3)cc1OC. The molecule has 0 radical (unpaired) electrons. The van der Waals surface area contributed by atoms with Crippen molar-refractivity contribution in [1.82, 2.24) is 15.4 Å². The highest BCUT2D eigenvalue weighted by molar-refractivity contribution is 5.90. The number of benzene rings is 2. The summed E-state index contributed by atoms with van der Waals surface area (Å²) in [7, 11) is 3.35. The van der Waals surface area contributed by atoms with E-state index in [1.165, 1.54) is 11.1 Å². The van der Waals surface area contributed by atoms with Gasteiger partial charge in [-0.2, -0.15) is 0 Å². The molecule has 2 aliphatic rings. The number of nitrogens with zero attached hydrogens (tertiary/aromatic N) is 2. The minimum Gasteiger partial charge on any atom is -0.493 e. The molecule has 2 aromatic carbocycles. The molecule has 5 rings (SSSR count). The molecular weight excluding hydrogens is 468 g/mol. The number of fused-ring (bicyclic) bond motifs is 1. The zero-order valence-corrected chi connectivity index (χ0v) is 22.0. The molecule has 8 heteroatoms. The van der Waals surface area contributed by atoms with Crippen molar-refractivity contribution in [2.24, 2.45) is 0 Å². The van der Waals surface area contributed by atoms with Gasteiger partial charge in [0.25, 0.3) is 0 Å². The lowest BCUT2D eigenvalue weighted by atomic mass is 9.65. The molecule has 1 aliphatic carbocycles. The summed E-state index contributed by atoms with van der Waals surface area (Å²) in [5.74, 6) is 2.10. The number of carbonyl (C=O) groups excluding carboxylic acids is 1. The zero-order chi connectivity index (χ0) is 26.0. The van der Waals surface area contributed by atoms with Crippen LogP contribution in [-0.4, -0.2) is 48.9 Å². The Morgan fingerprint density at radius 3 is 2.59 bits per heavy atom. The highest BCUT2D eigenvalue weighted by atomic mass is 16.5. The van der Waals surface area contributed by atoms with Gasteiger partial charge in [-0.3, -0.25) is 4.90 Å². The number of rotatable bonds is 7. The quantitative estimate of drug-likeness (QED) is 0.460. The number of urea groups is 1. The summed E-state index contributed by atoms with van der Waals surface area (Å²) in [5.41, 5.74) is 3.89.